The molecule has 11 heteroatoms. The normalized spacial score (nSPS) is 20.9. The smallest absolute Gasteiger partial charge is 0.253 e. The zero-order chi connectivity index (χ0) is 34.4. The molecule has 5 amide bonds. The molecule has 2 heterocycles. The predicted molar refractivity (Wildman–Crippen MR) is 181 cm³/mol. The fourth-order valence-electron chi connectivity index (χ4n) is 7.47. The van der Waals surface area contributed by atoms with E-state index < -0.39 is 29.4 Å². The van der Waals surface area contributed by atoms with Crippen LogP contribution in [0.25, 0.3) is 0 Å². The van der Waals surface area contributed by atoms with Gasteiger partial charge in [-0.3, -0.25) is 24.0 Å². The average molecular weight is 660 g/mol. The van der Waals surface area contributed by atoms with E-state index in [0.717, 1.165) is 37.7 Å². The quantitative estimate of drug-likeness (QED) is 0.378. The van der Waals surface area contributed by atoms with Crippen LogP contribution in [-0.2, 0) is 25.6 Å². The number of rotatable bonds is 9. The number of aromatic hydroxyl groups is 1. The van der Waals surface area contributed by atoms with Gasteiger partial charge >= 0.3 is 0 Å². The summed E-state index contributed by atoms with van der Waals surface area (Å²) in [7, 11) is 0. The number of carbonyl (C=O) groups is 5. The summed E-state index contributed by atoms with van der Waals surface area (Å²) in [6.45, 7) is 7.25. The lowest BCUT2D eigenvalue weighted by molar-refractivity contribution is -0.142. The minimum atomic E-state index is -0.932. The number of nitrogens with one attached hydrogen (secondary N) is 2. The molecule has 5 rings (SSSR count). The van der Waals surface area contributed by atoms with E-state index in [1.807, 2.05) is 32.0 Å². The summed E-state index contributed by atoms with van der Waals surface area (Å²) in [5.74, 6) is -1.30. The second-order valence-corrected chi connectivity index (χ2v) is 14.2. The minimum absolute atomic E-state index is 0.0866. The van der Waals surface area contributed by atoms with Gasteiger partial charge in [-0.05, 0) is 60.4 Å². The van der Waals surface area contributed by atoms with Crippen molar-refractivity contribution in [3.63, 3.8) is 0 Å². The Morgan fingerprint density at radius 3 is 2.08 bits per heavy atom. The highest BCUT2D eigenvalue weighted by atomic mass is 16.3. The van der Waals surface area contributed by atoms with Crippen molar-refractivity contribution in [2.45, 2.75) is 83.8 Å². The van der Waals surface area contributed by atoms with Gasteiger partial charge < -0.3 is 30.4 Å². The molecule has 2 aromatic rings. The summed E-state index contributed by atoms with van der Waals surface area (Å²) in [4.78, 5) is 72.7. The van der Waals surface area contributed by atoms with Crippen molar-refractivity contribution in [3.8, 4) is 5.75 Å². The number of nitrogens with zero attached hydrogens (tertiary/aromatic N) is 3. The van der Waals surface area contributed by atoms with Crippen molar-refractivity contribution in [2.24, 2.45) is 11.3 Å². The summed E-state index contributed by atoms with van der Waals surface area (Å²) in [5.41, 5.74) is 0.899. The minimum Gasteiger partial charge on any atom is -0.508 e. The third-order valence-electron chi connectivity index (χ3n) is 10.3. The van der Waals surface area contributed by atoms with Gasteiger partial charge in [0.25, 0.3) is 5.91 Å². The van der Waals surface area contributed by atoms with Crippen molar-refractivity contribution >= 4 is 29.5 Å². The van der Waals surface area contributed by atoms with Crippen molar-refractivity contribution < 1.29 is 29.1 Å². The molecule has 3 N–H and O–H groups in total. The number of piperazine rings is 1. The Kier molecular flexibility index (Phi) is 11.1. The summed E-state index contributed by atoms with van der Waals surface area (Å²) in [6.07, 6.45) is 5.37. The molecular formula is C37H49N5O6. The van der Waals surface area contributed by atoms with Crippen LogP contribution in [0.2, 0.25) is 0 Å². The van der Waals surface area contributed by atoms with E-state index in [9.17, 15) is 29.1 Å². The van der Waals surface area contributed by atoms with E-state index in [2.05, 4.69) is 10.6 Å². The highest BCUT2D eigenvalue weighted by molar-refractivity contribution is 5.96. The van der Waals surface area contributed by atoms with Crippen LogP contribution >= 0.6 is 0 Å². The van der Waals surface area contributed by atoms with Crippen LogP contribution in [0.15, 0.2) is 54.6 Å². The zero-order valence-corrected chi connectivity index (χ0v) is 28.3. The van der Waals surface area contributed by atoms with Crippen molar-refractivity contribution in [1.82, 2.24) is 25.3 Å². The molecule has 2 saturated heterocycles. The average Bonchev–Trinajstić information content (AvgIpc) is 3.43. The standard InChI is InChI=1S/C37H49N5O6/c1-25(43)42-19-18-37(2,3)32(42)34(46)39-31(27-10-6-4-7-11-27)33(45)38-30(24-26-14-16-29(44)17-15-26)36(48)41-22-20-40(21-23-41)35(47)28-12-8-5-9-13-28/h5,8-9,12-17,27,30-32,44H,4,6-7,10-11,18-24H2,1-3H3,(H,38,45)(H,39,46). The van der Waals surface area contributed by atoms with Crippen LogP contribution in [0.3, 0.4) is 0 Å². The fourth-order valence-corrected chi connectivity index (χ4v) is 7.47. The largest absolute Gasteiger partial charge is 0.508 e. The molecule has 2 aliphatic heterocycles. The molecule has 3 aliphatic rings. The third kappa shape index (κ3) is 8.17. The number of carbonyl (C=O) groups excluding carboxylic acids is 5. The molecule has 1 aliphatic carbocycles. The lowest BCUT2D eigenvalue weighted by atomic mass is 9.81. The van der Waals surface area contributed by atoms with Crippen molar-refractivity contribution in [3.05, 3.63) is 65.7 Å². The second-order valence-electron chi connectivity index (χ2n) is 14.2. The van der Waals surface area contributed by atoms with Gasteiger partial charge in [-0.1, -0.05) is 63.4 Å². The van der Waals surface area contributed by atoms with Gasteiger partial charge in [0.2, 0.25) is 23.6 Å². The molecule has 0 aromatic heterocycles. The first kappa shape index (κ1) is 34.9. The van der Waals surface area contributed by atoms with E-state index in [4.69, 9.17) is 0 Å². The Morgan fingerprint density at radius 2 is 1.46 bits per heavy atom. The molecule has 0 spiro atoms. The van der Waals surface area contributed by atoms with Crippen molar-refractivity contribution in [2.75, 3.05) is 32.7 Å². The van der Waals surface area contributed by atoms with Crippen LogP contribution < -0.4 is 10.6 Å². The Balaban J connectivity index is 1.34. The molecule has 2 aromatic carbocycles. The number of hydrogen-bond donors (Lipinski definition) is 3. The van der Waals surface area contributed by atoms with Crippen LogP contribution in [-0.4, -0.2) is 100 Å². The maximum atomic E-state index is 14.2. The van der Waals surface area contributed by atoms with Gasteiger partial charge in [-0.25, -0.2) is 0 Å². The molecule has 3 fully saturated rings. The van der Waals surface area contributed by atoms with Gasteiger partial charge in [0, 0.05) is 51.6 Å². The number of phenols is 1. The molecular weight excluding hydrogens is 610 g/mol. The lowest BCUT2D eigenvalue weighted by Crippen LogP contribution is -2.61. The van der Waals surface area contributed by atoms with Gasteiger partial charge in [0.05, 0.1) is 0 Å². The Labute approximate surface area is 283 Å². The molecule has 0 radical (unpaired) electrons. The third-order valence-corrected chi connectivity index (χ3v) is 10.3. The van der Waals surface area contributed by atoms with E-state index in [1.54, 1.807) is 51.1 Å². The van der Waals surface area contributed by atoms with Crippen LogP contribution in [0.5, 0.6) is 5.75 Å². The predicted octanol–water partition coefficient (Wildman–Crippen LogP) is 3.12. The molecule has 1 saturated carbocycles. The number of benzene rings is 2. The van der Waals surface area contributed by atoms with E-state index in [0.29, 0.717) is 44.7 Å². The molecule has 3 unspecified atom stereocenters. The second kappa shape index (κ2) is 15.2. The molecule has 11 nitrogen and oxygen atoms in total. The number of hydrogen-bond acceptors (Lipinski definition) is 6. The summed E-state index contributed by atoms with van der Waals surface area (Å²) >= 11 is 0. The molecule has 48 heavy (non-hydrogen) atoms. The summed E-state index contributed by atoms with van der Waals surface area (Å²) in [6, 6.07) is 13.1. The topological polar surface area (TPSA) is 139 Å². The van der Waals surface area contributed by atoms with E-state index in [1.165, 1.54) is 6.92 Å². The highest BCUT2D eigenvalue weighted by Crippen LogP contribution is 2.37. The monoisotopic (exact) mass is 659 g/mol. The van der Waals surface area contributed by atoms with Gasteiger partial charge in [0.1, 0.15) is 23.9 Å². The first-order valence-electron chi connectivity index (χ1n) is 17.2. The summed E-state index contributed by atoms with van der Waals surface area (Å²) in [5, 5.41) is 15.9. The fraction of sp³-hybridized carbons (Fsp3) is 0.541. The van der Waals surface area contributed by atoms with Crippen LogP contribution in [0.4, 0.5) is 0 Å². The number of phenolic OH excluding ortho intramolecular Hbond substituents is 1. The number of likely N-dealkylation sites (tertiary alicyclic amines) is 1. The van der Waals surface area contributed by atoms with Crippen molar-refractivity contribution in [1.29, 1.82) is 0 Å². The highest BCUT2D eigenvalue weighted by Gasteiger charge is 2.47. The lowest BCUT2D eigenvalue weighted by Gasteiger charge is -2.38. The SMILES string of the molecule is CC(=O)N1CCC(C)(C)C1C(=O)NC(C(=O)NC(Cc1ccc(O)cc1)C(=O)N1CCN(C(=O)c2ccccc2)CC1)C1CCCCC1. The van der Waals surface area contributed by atoms with Crippen LogP contribution in [0.1, 0.15) is 75.2 Å². The van der Waals surface area contributed by atoms with E-state index >= 15 is 0 Å². The molecule has 0 bridgehead atoms. The zero-order valence-electron chi connectivity index (χ0n) is 28.3. The summed E-state index contributed by atoms with van der Waals surface area (Å²) < 4.78 is 0. The Bertz CT molecular complexity index is 1460. The maximum Gasteiger partial charge on any atom is 0.253 e. The Hall–Kier alpha value is -4.41. The number of amides is 5. The molecule has 3 atom stereocenters. The first-order chi connectivity index (χ1) is 22.9. The Morgan fingerprint density at radius 1 is 0.833 bits per heavy atom. The first-order valence-corrected chi connectivity index (χ1v) is 17.2. The van der Waals surface area contributed by atoms with E-state index in [-0.39, 0.29) is 41.7 Å². The van der Waals surface area contributed by atoms with Gasteiger partial charge in [0.15, 0.2) is 0 Å². The van der Waals surface area contributed by atoms with Gasteiger partial charge in [-0.2, -0.15) is 0 Å². The van der Waals surface area contributed by atoms with Gasteiger partial charge in [-0.15, -0.1) is 0 Å². The molecule has 258 valence electrons. The van der Waals surface area contributed by atoms with Crippen LogP contribution in [0, 0.1) is 11.3 Å². The maximum absolute atomic E-state index is 14.2.